The third-order valence-electron chi connectivity index (χ3n) is 5.75. The second-order valence-electron chi connectivity index (χ2n) is 7.57. The van der Waals surface area contributed by atoms with Crippen LogP contribution in [-0.4, -0.2) is 24.9 Å². The number of hydrogen-bond acceptors (Lipinski definition) is 3. The molecule has 1 unspecified atom stereocenters. The molecule has 0 saturated heterocycles. The summed E-state index contributed by atoms with van der Waals surface area (Å²) >= 11 is 1.84. The number of hydrogen-bond donors (Lipinski definition) is 1. The van der Waals surface area contributed by atoms with Gasteiger partial charge < -0.3 is 4.90 Å². The quantitative estimate of drug-likeness (QED) is 0.842. The molecule has 2 aliphatic heterocycles. The molecule has 0 fully saturated rings. The number of nitrogens with one attached hydrogen (secondary N) is 1. The molecule has 1 amide bonds. The SMILES string of the molecule is CC[C@@H]1c2ccsc2CC[NH+]1CN1C(=O)C(=O)c2cc(C(C)C)ccc21. The van der Waals surface area contributed by atoms with Gasteiger partial charge in [-0.1, -0.05) is 26.8 Å². The average Bonchev–Trinajstić information content (AvgIpc) is 3.20. The number of nitrogens with zero attached hydrogens (tertiary/aromatic N) is 1. The van der Waals surface area contributed by atoms with E-state index >= 15 is 0 Å². The fraction of sp³-hybridized carbons (Fsp3) is 0.429. The Hall–Kier alpha value is -1.98. The molecule has 2 aliphatic rings. The van der Waals surface area contributed by atoms with Crippen molar-refractivity contribution in [3.8, 4) is 0 Å². The number of anilines is 1. The molecule has 5 heteroatoms. The maximum absolute atomic E-state index is 12.7. The molecule has 0 bridgehead atoms. The van der Waals surface area contributed by atoms with Crippen molar-refractivity contribution < 1.29 is 14.5 Å². The van der Waals surface area contributed by atoms with Gasteiger partial charge in [0, 0.05) is 23.3 Å². The van der Waals surface area contributed by atoms with Gasteiger partial charge in [0.15, 0.2) is 6.67 Å². The van der Waals surface area contributed by atoms with Crippen LogP contribution in [0.2, 0.25) is 0 Å². The van der Waals surface area contributed by atoms with E-state index in [1.807, 2.05) is 29.5 Å². The van der Waals surface area contributed by atoms with Crippen molar-refractivity contribution in [2.75, 3.05) is 18.1 Å². The highest BCUT2D eigenvalue weighted by Gasteiger charge is 2.40. The van der Waals surface area contributed by atoms with Crippen molar-refractivity contribution in [2.24, 2.45) is 0 Å². The first kappa shape index (κ1) is 17.4. The third kappa shape index (κ3) is 2.70. The van der Waals surface area contributed by atoms with Gasteiger partial charge in [-0.25, -0.2) is 0 Å². The number of Topliss-reactive ketones (excluding diaryl/α,β-unsaturated/α-hetero) is 1. The van der Waals surface area contributed by atoms with Crippen LogP contribution in [-0.2, 0) is 11.2 Å². The zero-order valence-corrected chi connectivity index (χ0v) is 16.4. The Morgan fingerprint density at radius 1 is 1.27 bits per heavy atom. The molecule has 4 rings (SSSR count). The number of carbonyl (C=O) groups excluding carboxylic acids is 2. The number of carbonyl (C=O) groups is 2. The smallest absolute Gasteiger partial charge is 0.303 e. The summed E-state index contributed by atoms with van der Waals surface area (Å²) < 4.78 is 0. The highest BCUT2D eigenvalue weighted by molar-refractivity contribution is 7.10. The first-order chi connectivity index (χ1) is 12.5. The van der Waals surface area contributed by atoms with Crippen molar-refractivity contribution in [1.29, 1.82) is 0 Å². The number of ketones is 1. The number of benzene rings is 1. The topological polar surface area (TPSA) is 41.8 Å². The number of quaternary nitrogens is 1. The minimum Gasteiger partial charge on any atom is -0.311 e. The zero-order valence-electron chi connectivity index (χ0n) is 15.5. The van der Waals surface area contributed by atoms with Crippen LogP contribution in [0.4, 0.5) is 5.69 Å². The standard InChI is InChI=1S/C21H24N2O2S/c1-4-17-15-8-10-26-19(15)7-9-22(17)12-23-18-6-5-14(13(2)3)11-16(18)20(24)21(23)25/h5-6,8,10-11,13,17H,4,7,9,12H2,1-3H3/p+1/t17-/m1/s1. The first-order valence-electron chi connectivity index (χ1n) is 9.42. The van der Waals surface area contributed by atoms with Gasteiger partial charge >= 0.3 is 5.91 Å². The van der Waals surface area contributed by atoms with Crippen molar-refractivity contribution >= 4 is 28.7 Å². The summed E-state index contributed by atoms with van der Waals surface area (Å²) in [4.78, 5) is 29.8. The van der Waals surface area contributed by atoms with Gasteiger partial charge in [0.1, 0.15) is 6.04 Å². The minimum absolute atomic E-state index is 0.339. The van der Waals surface area contributed by atoms with E-state index < -0.39 is 0 Å². The Morgan fingerprint density at radius 3 is 2.81 bits per heavy atom. The summed E-state index contributed by atoms with van der Waals surface area (Å²) in [5.41, 5.74) is 3.88. The van der Waals surface area contributed by atoms with Gasteiger partial charge in [0.05, 0.1) is 17.8 Å². The van der Waals surface area contributed by atoms with Crippen molar-refractivity contribution in [2.45, 2.75) is 45.6 Å². The van der Waals surface area contributed by atoms with Crippen LogP contribution < -0.4 is 9.80 Å². The van der Waals surface area contributed by atoms with Gasteiger partial charge in [-0.2, -0.15) is 0 Å². The van der Waals surface area contributed by atoms with E-state index in [4.69, 9.17) is 0 Å². The molecular weight excluding hydrogens is 344 g/mol. The van der Waals surface area contributed by atoms with E-state index in [2.05, 4.69) is 32.2 Å². The van der Waals surface area contributed by atoms with Crippen LogP contribution in [0, 0.1) is 0 Å². The van der Waals surface area contributed by atoms with E-state index in [-0.39, 0.29) is 11.7 Å². The fourth-order valence-corrected chi connectivity index (χ4v) is 5.21. The summed E-state index contributed by atoms with van der Waals surface area (Å²) in [6, 6.07) is 8.52. The Balaban J connectivity index is 1.64. The molecule has 0 aliphatic carbocycles. The van der Waals surface area contributed by atoms with Gasteiger partial charge in [-0.3, -0.25) is 14.5 Å². The average molecular weight is 370 g/mol. The van der Waals surface area contributed by atoms with Crippen molar-refractivity contribution in [3.05, 3.63) is 51.2 Å². The van der Waals surface area contributed by atoms with Gasteiger partial charge in [0.2, 0.25) is 0 Å². The van der Waals surface area contributed by atoms with E-state index in [1.165, 1.54) is 15.3 Å². The van der Waals surface area contributed by atoms with Crippen LogP contribution >= 0.6 is 11.3 Å². The maximum atomic E-state index is 12.7. The molecule has 2 atom stereocenters. The lowest BCUT2D eigenvalue weighted by Crippen LogP contribution is -3.15. The Morgan fingerprint density at radius 2 is 2.08 bits per heavy atom. The van der Waals surface area contributed by atoms with E-state index in [0.29, 0.717) is 24.2 Å². The molecule has 0 radical (unpaired) electrons. The highest BCUT2D eigenvalue weighted by Crippen LogP contribution is 2.32. The second kappa shape index (κ2) is 6.63. The number of thiophene rings is 1. The lowest BCUT2D eigenvalue weighted by molar-refractivity contribution is -0.932. The molecule has 1 aromatic carbocycles. The molecular formula is C21H25N2O2S+. The lowest BCUT2D eigenvalue weighted by atomic mass is 9.98. The van der Waals surface area contributed by atoms with Crippen LogP contribution in [0.3, 0.4) is 0 Å². The van der Waals surface area contributed by atoms with E-state index in [0.717, 1.165) is 30.6 Å². The summed E-state index contributed by atoms with van der Waals surface area (Å²) in [5.74, 6) is -0.394. The molecule has 1 N–H and O–H groups in total. The van der Waals surface area contributed by atoms with Gasteiger partial charge in [0.25, 0.3) is 5.78 Å². The minimum atomic E-state index is -0.376. The predicted octanol–water partition coefficient (Wildman–Crippen LogP) is 2.95. The summed E-state index contributed by atoms with van der Waals surface area (Å²) in [6.45, 7) is 7.97. The van der Waals surface area contributed by atoms with Gasteiger partial charge in [-0.05, 0) is 35.1 Å². The molecule has 26 heavy (non-hydrogen) atoms. The molecule has 1 aromatic heterocycles. The molecule has 4 nitrogen and oxygen atoms in total. The number of rotatable bonds is 4. The Kier molecular flexibility index (Phi) is 4.45. The second-order valence-corrected chi connectivity index (χ2v) is 8.57. The van der Waals surface area contributed by atoms with Gasteiger partial charge in [-0.15, -0.1) is 11.3 Å². The normalized spacial score (nSPS) is 22.1. The summed E-state index contributed by atoms with van der Waals surface area (Å²) in [5, 5.41) is 2.17. The summed E-state index contributed by atoms with van der Waals surface area (Å²) in [7, 11) is 0. The molecule has 0 saturated carbocycles. The molecule has 3 heterocycles. The lowest BCUT2D eigenvalue weighted by Gasteiger charge is -2.34. The molecule has 2 aromatic rings. The highest BCUT2D eigenvalue weighted by atomic mass is 32.1. The number of amides is 1. The van der Waals surface area contributed by atoms with E-state index in [9.17, 15) is 9.59 Å². The molecule has 136 valence electrons. The van der Waals surface area contributed by atoms with E-state index in [1.54, 1.807) is 4.90 Å². The van der Waals surface area contributed by atoms with Crippen LogP contribution in [0.1, 0.15) is 65.5 Å². The van der Waals surface area contributed by atoms with Crippen molar-refractivity contribution in [1.82, 2.24) is 0 Å². The largest absolute Gasteiger partial charge is 0.311 e. The third-order valence-corrected chi connectivity index (χ3v) is 6.75. The Bertz CT molecular complexity index is 871. The number of fused-ring (bicyclic) bond motifs is 2. The first-order valence-corrected chi connectivity index (χ1v) is 10.3. The monoisotopic (exact) mass is 369 g/mol. The van der Waals surface area contributed by atoms with Crippen LogP contribution in [0.25, 0.3) is 0 Å². The Labute approximate surface area is 158 Å². The summed E-state index contributed by atoms with van der Waals surface area (Å²) in [6.07, 6.45) is 2.09. The van der Waals surface area contributed by atoms with Crippen LogP contribution in [0.15, 0.2) is 29.6 Å². The maximum Gasteiger partial charge on any atom is 0.303 e. The predicted molar refractivity (Wildman–Crippen MR) is 104 cm³/mol. The van der Waals surface area contributed by atoms with Crippen molar-refractivity contribution in [3.63, 3.8) is 0 Å². The fourth-order valence-electron chi connectivity index (χ4n) is 4.27. The van der Waals surface area contributed by atoms with Crippen LogP contribution in [0.5, 0.6) is 0 Å². The molecule has 0 spiro atoms. The zero-order chi connectivity index (χ0) is 18.4.